The fourth-order valence-electron chi connectivity index (χ4n) is 1.69. The molecular weight excluding hydrogens is 234 g/mol. The normalized spacial score (nSPS) is 10.3. The average molecular weight is 248 g/mol. The Morgan fingerprint density at radius 3 is 2.41 bits per heavy atom. The maximum absolute atomic E-state index is 6.12. The molecule has 17 heavy (non-hydrogen) atoms. The minimum Gasteiger partial charge on any atom is -0.396 e. The lowest BCUT2D eigenvalue weighted by Gasteiger charge is -2.22. The summed E-state index contributed by atoms with van der Waals surface area (Å²) in [6.45, 7) is 2.05. The Hall–Kier alpha value is -1.74. The van der Waals surface area contributed by atoms with Gasteiger partial charge in [0.2, 0.25) is 0 Å². The van der Waals surface area contributed by atoms with Crippen LogP contribution >= 0.6 is 11.6 Å². The number of anilines is 3. The van der Waals surface area contributed by atoms with Crippen molar-refractivity contribution in [1.29, 1.82) is 0 Å². The predicted octanol–water partition coefficient (Wildman–Crippen LogP) is 3.39. The van der Waals surface area contributed by atoms with Crippen LogP contribution in [0.25, 0.3) is 0 Å². The Morgan fingerprint density at radius 2 is 1.82 bits per heavy atom. The molecule has 0 aliphatic rings. The number of benzene rings is 1. The lowest BCUT2D eigenvalue weighted by Crippen LogP contribution is -2.12. The molecular formula is C13H14ClN3. The van der Waals surface area contributed by atoms with Gasteiger partial charge in [-0.3, -0.25) is 4.98 Å². The van der Waals surface area contributed by atoms with Gasteiger partial charge in [-0.25, -0.2) is 0 Å². The molecule has 0 saturated carbocycles. The van der Waals surface area contributed by atoms with E-state index >= 15 is 0 Å². The maximum atomic E-state index is 6.12. The van der Waals surface area contributed by atoms with Gasteiger partial charge in [0.15, 0.2) is 0 Å². The summed E-state index contributed by atoms with van der Waals surface area (Å²) in [5.74, 6) is 0. The lowest BCUT2D eigenvalue weighted by molar-refractivity contribution is 1.19. The first kappa shape index (κ1) is 11.7. The van der Waals surface area contributed by atoms with Gasteiger partial charge < -0.3 is 10.6 Å². The van der Waals surface area contributed by atoms with Crippen LogP contribution in [-0.2, 0) is 0 Å². The van der Waals surface area contributed by atoms with Gasteiger partial charge in [-0.15, -0.1) is 0 Å². The van der Waals surface area contributed by atoms with Gasteiger partial charge >= 0.3 is 0 Å². The quantitative estimate of drug-likeness (QED) is 0.885. The number of pyridine rings is 1. The Morgan fingerprint density at radius 1 is 1.18 bits per heavy atom. The molecule has 3 nitrogen and oxygen atoms in total. The second kappa shape index (κ2) is 4.63. The number of nitrogen functional groups attached to an aromatic ring is 1. The molecule has 0 aliphatic heterocycles. The molecule has 0 radical (unpaired) electrons. The Kier molecular flexibility index (Phi) is 3.20. The van der Waals surface area contributed by atoms with Crippen LogP contribution in [0.4, 0.5) is 17.1 Å². The van der Waals surface area contributed by atoms with Gasteiger partial charge in [-0.05, 0) is 19.1 Å². The van der Waals surface area contributed by atoms with Crippen molar-refractivity contribution < 1.29 is 0 Å². The zero-order valence-electron chi connectivity index (χ0n) is 9.81. The number of aryl methyl sites for hydroxylation is 1. The van der Waals surface area contributed by atoms with E-state index in [1.54, 1.807) is 12.4 Å². The van der Waals surface area contributed by atoms with Crippen molar-refractivity contribution in [2.24, 2.45) is 0 Å². The molecule has 0 aliphatic carbocycles. The molecule has 0 amide bonds. The van der Waals surface area contributed by atoms with E-state index in [4.69, 9.17) is 17.3 Å². The summed E-state index contributed by atoms with van der Waals surface area (Å²) in [6.07, 6.45) is 3.20. The molecule has 0 unspecified atom stereocenters. The van der Waals surface area contributed by atoms with Crippen molar-refractivity contribution in [3.63, 3.8) is 0 Å². The van der Waals surface area contributed by atoms with Crippen molar-refractivity contribution >= 4 is 28.7 Å². The maximum Gasteiger partial charge on any atom is 0.0862 e. The SMILES string of the molecule is Cc1ccc(N(C)c2c(N)cncc2Cl)cc1. The van der Waals surface area contributed by atoms with Gasteiger partial charge in [0.25, 0.3) is 0 Å². The second-order valence-corrected chi connectivity index (χ2v) is 4.36. The molecule has 2 rings (SSSR count). The highest BCUT2D eigenvalue weighted by molar-refractivity contribution is 6.34. The topological polar surface area (TPSA) is 42.1 Å². The van der Waals surface area contributed by atoms with Crippen LogP contribution in [0.1, 0.15) is 5.56 Å². The minimum absolute atomic E-state index is 0.549. The Bertz CT molecular complexity index is 502. The molecule has 1 aromatic heterocycles. The first-order valence-electron chi connectivity index (χ1n) is 5.29. The molecule has 4 heteroatoms. The highest BCUT2D eigenvalue weighted by Gasteiger charge is 2.11. The van der Waals surface area contributed by atoms with Crippen molar-refractivity contribution in [1.82, 2.24) is 4.98 Å². The molecule has 2 aromatic rings. The molecule has 0 fully saturated rings. The monoisotopic (exact) mass is 247 g/mol. The summed E-state index contributed by atoms with van der Waals surface area (Å²) in [4.78, 5) is 5.91. The van der Waals surface area contributed by atoms with Gasteiger partial charge in [0, 0.05) is 18.9 Å². The number of halogens is 1. The standard InChI is InChI=1S/C13H14ClN3/c1-9-3-5-10(6-4-9)17(2)13-11(14)7-16-8-12(13)15/h3-8H,15H2,1-2H3. The van der Waals surface area contributed by atoms with E-state index in [1.807, 2.05) is 24.1 Å². The third-order valence-electron chi connectivity index (χ3n) is 2.66. The Balaban J connectivity index is 2.43. The first-order chi connectivity index (χ1) is 8.09. The summed E-state index contributed by atoms with van der Waals surface area (Å²) in [5.41, 5.74) is 9.51. The minimum atomic E-state index is 0.549. The van der Waals surface area contributed by atoms with E-state index in [1.165, 1.54) is 5.56 Å². The van der Waals surface area contributed by atoms with E-state index < -0.39 is 0 Å². The molecule has 1 aromatic carbocycles. The van der Waals surface area contributed by atoms with Crippen molar-refractivity contribution in [2.75, 3.05) is 17.7 Å². The molecule has 2 N–H and O–H groups in total. The van der Waals surface area contributed by atoms with Gasteiger partial charge in [-0.2, -0.15) is 0 Å². The van der Waals surface area contributed by atoms with Crippen LogP contribution in [-0.4, -0.2) is 12.0 Å². The van der Waals surface area contributed by atoms with Gasteiger partial charge in [0.1, 0.15) is 0 Å². The highest BCUT2D eigenvalue weighted by Crippen LogP contribution is 2.34. The molecule has 88 valence electrons. The summed E-state index contributed by atoms with van der Waals surface area (Å²) in [7, 11) is 1.93. The molecule has 0 bridgehead atoms. The fourth-order valence-corrected chi connectivity index (χ4v) is 1.99. The van der Waals surface area contributed by atoms with Crippen LogP contribution in [0.3, 0.4) is 0 Å². The first-order valence-corrected chi connectivity index (χ1v) is 5.67. The zero-order chi connectivity index (χ0) is 12.4. The Labute approximate surface area is 106 Å². The van der Waals surface area contributed by atoms with Crippen molar-refractivity contribution in [3.8, 4) is 0 Å². The third kappa shape index (κ3) is 2.34. The van der Waals surface area contributed by atoms with E-state index in [0.717, 1.165) is 11.4 Å². The lowest BCUT2D eigenvalue weighted by atomic mass is 10.2. The summed E-state index contributed by atoms with van der Waals surface area (Å²) < 4.78 is 0. The van der Waals surface area contributed by atoms with E-state index in [9.17, 15) is 0 Å². The summed E-state index contributed by atoms with van der Waals surface area (Å²) in [6, 6.07) is 8.17. The van der Waals surface area contributed by atoms with Gasteiger partial charge in [-0.1, -0.05) is 29.3 Å². The van der Waals surface area contributed by atoms with Crippen LogP contribution < -0.4 is 10.6 Å². The van der Waals surface area contributed by atoms with Crippen LogP contribution in [0.5, 0.6) is 0 Å². The largest absolute Gasteiger partial charge is 0.396 e. The van der Waals surface area contributed by atoms with E-state index in [2.05, 4.69) is 24.0 Å². The number of rotatable bonds is 2. The van der Waals surface area contributed by atoms with Crippen LogP contribution in [0.15, 0.2) is 36.7 Å². The number of aromatic nitrogens is 1. The number of hydrogen-bond acceptors (Lipinski definition) is 3. The van der Waals surface area contributed by atoms with Crippen LogP contribution in [0, 0.1) is 6.92 Å². The predicted molar refractivity (Wildman–Crippen MR) is 72.9 cm³/mol. The van der Waals surface area contributed by atoms with Crippen LogP contribution in [0.2, 0.25) is 5.02 Å². The number of hydrogen-bond donors (Lipinski definition) is 1. The number of nitrogens with two attached hydrogens (primary N) is 1. The molecule has 0 saturated heterocycles. The average Bonchev–Trinajstić information content (AvgIpc) is 2.29. The molecule has 1 heterocycles. The number of nitrogens with zero attached hydrogens (tertiary/aromatic N) is 2. The second-order valence-electron chi connectivity index (χ2n) is 3.95. The fraction of sp³-hybridized carbons (Fsp3) is 0.154. The summed E-state index contributed by atoms with van der Waals surface area (Å²) in [5, 5.41) is 0.549. The summed E-state index contributed by atoms with van der Waals surface area (Å²) >= 11 is 6.12. The van der Waals surface area contributed by atoms with Crippen molar-refractivity contribution in [3.05, 3.63) is 47.2 Å². The van der Waals surface area contributed by atoms with Gasteiger partial charge in [0.05, 0.1) is 22.6 Å². The van der Waals surface area contributed by atoms with E-state index in [0.29, 0.717) is 10.7 Å². The van der Waals surface area contributed by atoms with Crippen molar-refractivity contribution in [2.45, 2.75) is 6.92 Å². The third-order valence-corrected chi connectivity index (χ3v) is 2.93. The molecule has 0 spiro atoms. The van der Waals surface area contributed by atoms with E-state index in [-0.39, 0.29) is 0 Å². The smallest absolute Gasteiger partial charge is 0.0862 e. The highest BCUT2D eigenvalue weighted by atomic mass is 35.5. The molecule has 0 atom stereocenters. The zero-order valence-corrected chi connectivity index (χ0v) is 10.6.